The van der Waals surface area contributed by atoms with Gasteiger partial charge in [0.05, 0.1) is 15.4 Å². The number of aryl methyl sites for hydroxylation is 1. The molecule has 1 heterocycles. The van der Waals surface area contributed by atoms with Crippen LogP contribution in [0.3, 0.4) is 0 Å². The summed E-state index contributed by atoms with van der Waals surface area (Å²) in [5.74, 6) is 0. The van der Waals surface area contributed by atoms with Crippen molar-refractivity contribution < 1.29 is 0 Å². The number of hydrogen-bond acceptors (Lipinski definition) is 1. The lowest BCUT2D eigenvalue weighted by Crippen LogP contribution is -1.92. The van der Waals surface area contributed by atoms with Crippen molar-refractivity contribution in [2.24, 2.45) is 0 Å². The van der Waals surface area contributed by atoms with Gasteiger partial charge in [0.2, 0.25) is 0 Å². The van der Waals surface area contributed by atoms with Gasteiger partial charge in [-0.25, -0.2) is 0 Å². The molecule has 0 fully saturated rings. The lowest BCUT2D eigenvalue weighted by atomic mass is 10.1. The van der Waals surface area contributed by atoms with E-state index in [4.69, 9.17) is 34.8 Å². The molecule has 0 saturated heterocycles. The van der Waals surface area contributed by atoms with Gasteiger partial charge >= 0.3 is 0 Å². The maximum atomic E-state index is 6.41. The third-order valence-corrected chi connectivity index (χ3v) is 4.79. The second-order valence-electron chi connectivity index (χ2n) is 3.50. The monoisotopic (exact) mass is 290 g/mol. The SMILES string of the molecule is Cc1ccsc1C(Cl)c1ccc(Cl)c(Cl)c1. The van der Waals surface area contributed by atoms with Crippen molar-refractivity contribution in [1.82, 2.24) is 0 Å². The predicted octanol–water partition coefficient (Wildman–Crippen LogP) is 5.69. The van der Waals surface area contributed by atoms with Crippen LogP contribution in [0.5, 0.6) is 0 Å². The number of alkyl halides is 1. The summed E-state index contributed by atoms with van der Waals surface area (Å²) in [6.07, 6.45) is 0. The molecule has 1 atom stereocenters. The van der Waals surface area contributed by atoms with E-state index in [9.17, 15) is 0 Å². The van der Waals surface area contributed by atoms with Crippen LogP contribution in [0.4, 0.5) is 0 Å². The molecule has 0 aliphatic carbocycles. The lowest BCUT2D eigenvalue weighted by Gasteiger charge is -2.10. The molecule has 1 unspecified atom stereocenters. The van der Waals surface area contributed by atoms with Gasteiger partial charge < -0.3 is 0 Å². The Morgan fingerprint density at radius 1 is 1.12 bits per heavy atom. The van der Waals surface area contributed by atoms with Gasteiger partial charge in [-0.1, -0.05) is 29.3 Å². The van der Waals surface area contributed by atoms with Crippen molar-refractivity contribution in [2.75, 3.05) is 0 Å². The summed E-state index contributed by atoms with van der Waals surface area (Å²) in [5, 5.41) is 2.98. The fourth-order valence-corrected chi connectivity index (χ4v) is 3.16. The molecule has 0 amide bonds. The molecule has 16 heavy (non-hydrogen) atoms. The predicted molar refractivity (Wildman–Crippen MR) is 73.2 cm³/mol. The van der Waals surface area contributed by atoms with Crippen LogP contribution in [-0.2, 0) is 0 Å². The van der Waals surface area contributed by atoms with Crippen molar-refractivity contribution >= 4 is 46.1 Å². The zero-order chi connectivity index (χ0) is 11.7. The summed E-state index contributed by atoms with van der Waals surface area (Å²) < 4.78 is 0. The number of hydrogen-bond donors (Lipinski definition) is 0. The fourth-order valence-electron chi connectivity index (χ4n) is 1.47. The molecule has 84 valence electrons. The smallest absolute Gasteiger partial charge is 0.0930 e. The molecule has 0 nitrogen and oxygen atoms in total. The van der Waals surface area contributed by atoms with Gasteiger partial charge in [0.25, 0.3) is 0 Å². The van der Waals surface area contributed by atoms with Crippen LogP contribution in [0.1, 0.15) is 21.4 Å². The topological polar surface area (TPSA) is 0 Å². The maximum absolute atomic E-state index is 6.41. The van der Waals surface area contributed by atoms with Crippen LogP contribution in [0.2, 0.25) is 10.0 Å². The lowest BCUT2D eigenvalue weighted by molar-refractivity contribution is 1.16. The average Bonchev–Trinajstić information content (AvgIpc) is 2.67. The summed E-state index contributed by atoms with van der Waals surface area (Å²) >= 11 is 19.9. The first-order valence-corrected chi connectivity index (χ1v) is 6.80. The fraction of sp³-hybridized carbons (Fsp3) is 0.167. The van der Waals surface area contributed by atoms with E-state index in [0.29, 0.717) is 10.0 Å². The van der Waals surface area contributed by atoms with Crippen molar-refractivity contribution in [3.63, 3.8) is 0 Å². The second-order valence-corrected chi connectivity index (χ2v) is 5.70. The van der Waals surface area contributed by atoms with Gasteiger partial charge in [-0.05, 0) is 41.6 Å². The molecule has 0 aliphatic rings. The summed E-state index contributed by atoms with van der Waals surface area (Å²) in [4.78, 5) is 1.15. The van der Waals surface area contributed by atoms with Crippen LogP contribution in [-0.4, -0.2) is 0 Å². The zero-order valence-corrected chi connectivity index (χ0v) is 11.6. The molecule has 2 aromatic rings. The molecule has 0 bridgehead atoms. The van der Waals surface area contributed by atoms with E-state index in [1.54, 1.807) is 17.4 Å². The van der Waals surface area contributed by atoms with Crippen LogP contribution in [0, 0.1) is 6.92 Å². The Kier molecular flexibility index (Phi) is 3.81. The van der Waals surface area contributed by atoms with Gasteiger partial charge in [-0.3, -0.25) is 0 Å². The molecule has 0 radical (unpaired) electrons. The van der Waals surface area contributed by atoms with Crippen LogP contribution in [0.25, 0.3) is 0 Å². The summed E-state index contributed by atoms with van der Waals surface area (Å²) in [6.45, 7) is 2.05. The van der Waals surface area contributed by atoms with E-state index in [2.05, 4.69) is 13.0 Å². The van der Waals surface area contributed by atoms with E-state index < -0.39 is 0 Å². The normalized spacial score (nSPS) is 12.8. The van der Waals surface area contributed by atoms with Gasteiger partial charge in [-0.15, -0.1) is 22.9 Å². The number of halogens is 3. The Bertz CT molecular complexity index is 505. The average molecular weight is 292 g/mol. The third kappa shape index (κ3) is 2.38. The van der Waals surface area contributed by atoms with Crippen molar-refractivity contribution in [1.29, 1.82) is 0 Å². The van der Waals surface area contributed by atoms with Crippen molar-refractivity contribution in [3.8, 4) is 0 Å². The van der Waals surface area contributed by atoms with E-state index in [1.165, 1.54) is 5.56 Å². The summed E-state index contributed by atoms with van der Waals surface area (Å²) in [7, 11) is 0. The highest BCUT2D eigenvalue weighted by atomic mass is 35.5. The van der Waals surface area contributed by atoms with E-state index >= 15 is 0 Å². The van der Waals surface area contributed by atoms with Gasteiger partial charge in [0.1, 0.15) is 0 Å². The molecule has 0 spiro atoms. The molecule has 1 aromatic carbocycles. The second kappa shape index (κ2) is 4.97. The van der Waals surface area contributed by atoms with Crippen molar-refractivity contribution in [2.45, 2.75) is 12.3 Å². The molecule has 0 N–H and O–H groups in total. The van der Waals surface area contributed by atoms with Crippen LogP contribution in [0.15, 0.2) is 29.6 Å². The Balaban J connectivity index is 2.38. The standard InChI is InChI=1S/C12H9Cl3S/c1-7-4-5-16-12(7)11(15)8-2-3-9(13)10(14)6-8/h2-6,11H,1H3. The molecule has 2 rings (SSSR count). The first kappa shape index (κ1) is 12.3. The highest BCUT2D eigenvalue weighted by Gasteiger charge is 2.15. The summed E-state index contributed by atoms with van der Waals surface area (Å²) in [6, 6.07) is 7.57. The minimum Gasteiger partial charge on any atom is -0.147 e. The van der Waals surface area contributed by atoms with Crippen LogP contribution < -0.4 is 0 Å². The quantitative estimate of drug-likeness (QED) is 0.623. The Labute approximate surface area is 114 Å². The minimum absolute atomic E-state index is 0.158. The molecule has 0 saturated carbocycles. The number of thiophene rings is 1. The highest BCUT2D eigenvalue weighted by molar-refractivity contribution is 7.10. The first-order chi connectivity index (χ1) is 7.59. The van der Waals surface area contributed by atoms with Crippen LogP contribution >= 0.6 is 46.1 Å². The van der Waals surface area contributed by atoms with E-state index in [0.717, 1.165) is 10.4 Å². The van der Waals surface area contributed by atoms with E-state index in [-0.39, 0.29) is 5.38 Å². The molecular weight excluding hydrogens is 283 g/mol. The molecule has 0 aliphatic heterocycles. The van der Waals surface area contributed by atoms with E-state index in [1.807, 2.05) is 17.5 Å². The minimum atomic E-state index is -0.158. The summed E-state index contributed by atoms with van der Waals surface area (Å²) in [5.41, 5.74) is 2.18. The molecule has 4 heteroatoms. The Morgan fingerprint density at radius 2 is 1.88 bits per heavy atom. The van der Waals surface area contributed by atoms with Crippen molar-refractivity contribution in [3.05, 3.63) is 55.7 Å². The highest BCUT2D eigenvalue weighted by Crippen LogP contribution is 2.36. The number of benzene rings is 1. The Hall–Kier alpha value is -0.210. The third-order valence-electron chi connectivity index (χ3n) is 2.37. The molecule has 1 aromatic heterocycles. The van der Waals surface area contributed by atoms with Gasteiger partial charge in [0.15, 0.2) is 0 Å². The maximum Gasteiger partial charge on any atom is 0.0930 e. The largest absolute Gasteiger partial charge is 0.147 e. The first-order valence-electron chi connectivity index (χ1n) is 4.72. The molecular formula is C12H9Cl3S. The Morgan fingerprint density at radius 3 is 2.44 bits per heavy atom. The number of rotatable bonds is 2. The van der Waals surface area contributed by atoms with Gasteiger partial charge in [0, 0.05) is 4.88 Å². The zero-order valence-electron chi connectivity index (χ0n) is 8.51. The van der Waals surface area contributed by atoms with Gasteiger partial charge in [-0.2, -0.15) is 0 Å².